The fourth-order valence-electron chi connectivity index (χ4n) is 4.43. The lowest BCUT2D eigenvalue weighted by Gasteiger charge is -2.31. The van der Waals surface area contributed by atoms with Crippen LogP contribution in [-0.4, -0.2) is 40.5 Å². The molecule has 6 nitrogen and oxygen atoms in total. The summed E-state index contributed by atoms with van der Waals surface area (Å²) in [6.45, 7) is 2.41. The van der Waals surface area contributed by atoms with Crippen LogP contribution in [0.4, 0.5) is 19.0 Å². The third-order valence-electron chi connectivity index (χ3n) is 6.52. The first-order valence-corrected chi connectivity index (χ1v) is 12.4. The highest BCUT2D eigenvalue weighted by molar-refractivity contribution is 7.18. The molecule has 1 aliphatic rings. The van der Waals surface area contributed by atoms with Crippen molar-refractivity contribution in [1.82, 2.24) is 14.9 Å². The Balaban J connectivity index is 1.51. The Morgan fingerprint density at radius 1 is 1.17 bits per heavy atom. The molecule has 2 aromatic heterocycles. The molecule has 0 spiro atoms. The number of nitrogens with zero attached hydrogens (tertiary/aromatic N) is 3. The Kier molecular flexibility index (Phi) is 6.34. The highest BCUT2D eigenvalue weighted by Gasteiger charge is 2.38. The van der Waals surface area contributed by atoms with Crippen LogP contribution in [0, 0.1) is 12.8 Å². The molecule has 1 unspecified atom stereocenters. The second-order valence-corrected chi connectivity index (χ2v) is 10.3. The largest absolute Gasteiger partial charge is 0.416 e. The number of hydrogen-bond donors (Lipinski definition) is 1. The van der Waals surface area contributed by atoms with Gasteiger partial charge < -0.3 is 15.4 Å². The Bertz CT molecular complexity index is 1450. The number of aryl methyl sites for hydroxylation is 1. The number of methoxy groups -OCH3 is 1. The minimum absolute atomic E-state index is 0.165. The van der Waals surface area contributed by atoms with Gasteiger partial charge in [0, 0.05) is 18.1 Å². The van der Waals surface area contributed by atoms with Gasteiger partial charge in [-0.05, 0) is 73.7 Å². The predicted molar refractivity (Wildman–Crippen MR) is 134 cm³/mol. The number of fused-ring (bicyclic) bond motifs is 2. The summed E-state index contributed by atoms with van der Waals surface area (Å²) in [5.41, 5.74) is 7.48. The van der Waals surface area contributed by atoms with Gasteiger partial charge in [-0.1, -0.05) is 0 Å². The summed E-state index contributed by atoms with van der Waals surface area (Å²) in [6.07, 6.45) is -2.46. The van der Waals surface area contributed by atoms with E-state index in [0.717, 1.165) is 35.9 Å². The van der Waals surface area contributed by atoms with Gasteiger partial charge in [0.1, 0.15) is 10.8 Å². The van der Waals surface area contributed by atoms with E-state index in [-0.39, 0.29) is 24.0 Å². The van der Waals surface area contributed by atoms with Crippen LogP contribution >= 0.6 is 11.3 Å². The SMILES string of the molecule is COCC(C1CC1)N(Cc1nc2cc(C(F)(F)F)ccc2s1)C(=O)c1ccc2nc(N)c(C)cc2c1. The van der Waals surface area contributed by atoms with E-state index in [4.69, 9.17) is 10.5 Å². The molecule has 0 aliphatic heterocycles. The average Bonchev–Trinajstić information content (AvgIpc) is 3.59. The van der Waals surface area contributed by atoms with E-state index in [0.29, 0.717) is 39.1 Å². The fraction of sp³-hybridized carbons (Fsp3) is 0.346. The lowest BCUT2D eigenvalue weighted by molar-refractivity contribution is -0.137. The maximum absolute atomic E-state index is 13.8. The molecule has 0 saturated heterocycles. The second kappa shape index (κ2) is 9.33. The van der Waals surface area contributed by atoms with Crippen molar-refractivity contribution in [3.8, 4) is 0 Å². The summed E-state index contributed by atoms with van der Waals surface area (Å²) in [6, 6.07) is 10.6. The zero-order valence-corrected chi connectivity index (χ0v) is 20.6. The maximum atomic E-state index is 13.8. The highest BCUT2D eigenvalue weighted by Crippen LogP contribution is 2.38. The van der Waals surface area contributed by atoms with Crippen molar-refractivity contribution in [3.05, 3.63) is 64.2 Å². The molecule has 1 amide bonds. The number of carbonyl (C=O) groups is 1. The number of anilines is 1. The van der Waals surface area contributed by atoms with Crippen LogP contribution in [0.3, 0.4) is 0 Å². The molecule has 1 aliphatic carbocycles. The van der Waals surface area contributed by atoms with Gasteiger partial charge in [-0.25, -0.2) is 9.97 Å². The first kappa shape index (κ1) is 24.5. The quantitative estimate of drug-likeness (QED) is 0.336. The number of nitrogens with two attached hydrogens (primary N) is 1. The third kappa shape index (κ3) is 4.87. The van der Waals surface area contributed by atoms with Crippen LogP contribution in [0.1, 0.15) is 39.3 Å². The molecule has 1 saturated carbocycles. The standard InChI is InChI=1S/C26H25F3N4O2S/c1-14-9-17-10-16(5-7-19(17)32-24(14)30)25(34)33(21(13-35-2)15-3-4-15)12-23-31-20-11-18(26(27,28)29)6-8-22(20)36-23/h5-11,15,21H,3-4,12-13H2,1-2H3,(H2,30,32). The van der Waals surface area contributed by atoms with E-state index in [9.17, 15) is 18.0 Å². The molecule has 4 aromatic rings. The molecule has 5 rings (SSSR count). The Hall–Kier alpha value is -3.24. The molecule has 2 N–H and O–H groups in total. The summed E-state index contributed by atoms with van der Waals surface area (Å²) >= 11 is 1.29. The van der Waals surface area contributed by atoms with Crippen molar-refractivity contribution in [1.29, 1.82) is 0 Å². The van der Waals surface area contributed by atoms with E-state index < -0.39 is 11.7 Å². The van der Waals surface area contributed by atoms with E-state index in [1.807, 2.05) is 13.0 Å². The maximum Gasteiger partial charge on any atom is 0.416 e. The van der Waals surface area contributed by atoms with Crippen molar-refractivity contribution in [2.24, 2.45) is 5.92 Å². The molecular formula is C26H25F3N4O2S. The number of hydrogen-bond acceptors (Lipinski definition) is 6. The highest BCUT2D eigenvalue weighted by atomic mass is 32.1. The number of aromatic nitrogens is 2. The number of alkyl halides is 3. The van der Waals surface area contributed by atoms with E-state index in [2.05, 4.69) is 9.97 Å². The van der Waals surface area contributed by atoms with Crippen LogP contribution in [0.15, 0.2) is 42.5 Å². The summed E-state index contributed by atoms with van der Waals surface area (Å²) in [5.74, 6) is 0.571. The molecule has 36 heavy (non-hydrogen) atoms. The van der Waals surface area contributed by atoms with Gasteiger partial charge in [0.2, 0.25) is 0 Å². The number of carbonyl (C=O) groups excluding carboxylic acids is 1. The summed E-state index contributed by atoms with van der Waals surface area (Å²) in [7, 11) is 1.60. The van der Waals surface area contributed by atoms with Gasteiger partial charge in [0.05, 0.1) is 40.5 Å². The van der Waals surface area contributed by atoms with Gasteiger partial charge in [-0.15, -0.1) is 11.3 Å². The fourth-order valence-corrected chi connectivity index (χ4v) is 5.38. The number of nitrogen functional groups attached to an aromatic ring is 1. The second-order valence-electron chi connectivity index (χ2n) is 9.18. The molecule has 0 radical (unpaired) electrons. The van der Waals surface area contributed by atoms with Gasteiger partial charge >= 0.3 is 6.18 Å². The van der Waals surface area contributed by atoms with Gasteiger partial charge in [-0.3, -0.25) is 4.79 Å². The van der Waals surface area contributed by atoms with Crippen LogP contribution in [-0.2, 0) is 17.5 Å². The molecule has 188 valence electrons. The Morgan fingerprint density at radius 2 is 1.94 bits per heavy atom. The van der Waals surface area contributed by atoms with E-state index in [1.165, 1.54) is 17.4 Å². The Morgan fingerprint density at radius 3 is 2.64 bits per heavy atom. The number of pyridine rings is 1. The smallest absolute Gasteiger partial charge is 0.383 e. The van der Waals surface area contributed by atoms with Crippen molar-refractivity contribution in [2.75, 3.05) is 19.5 Å². The van der Waals surface area contributed by atoms with Crippen LogP contribution in [0.2, 0.25) is 0 Å². The first-order valence-electron chi connectivity index (χ1n) is 11.6. The van der Waals surface area contributed by atoms with E-state index >= 15 is 0 Å². The zero-order chi connectivity index (χ0) is 25.6. The van der Waals surface area contributed by atoms with E-state index in [1.54, 1.807) is 30.2 Å². The number of benzene rings is 2. The van der Waals surface area contributed by atoms with Gasteiger partial charge in [0.25, 0.3) is 5.91 Å². The van der Waals surface area contributed by atoms with Crippen molar-refractivity contribution in [2.45, 2.75) is 38.5 Å². The summed E-state index contributed by atoms with van der Waals surface area (Å²) < 4.78 is 45.6. The topological polar surface area (TPSA) is 81.3 Å². The van der Waals surface area contributed by atoms with Crippen LogP contribution in [0.25, 0.3) is 21.1 Å². The first-order chi connectivity index (χ1) is 17.1. The predicted octanol–water partition coefficient (Wildman–Crippen LogP) is 5.82. The number of halogens is 3. The number of ether oxygens (including phenoxy) is 1. The number of rotatable bonds is 7. The lowest BCUT2D eigenvalue weighted by Crippen LogP contribution is -2.43. The van der Waals surface area contributed by atoms with Crippen LogP contribution in [0.5, 0.6) is 0 Å². The zero-order valence-electron chi connectivity index (χ0n) is 19.8. The Labute approximate surface area is 209 Å². The molecule has 10 heteroatoms. The molecular weight excluding hydrogens is 489 g/mol. The minimum Gasteiger partial charge on any atom is -0.383 e. The number of amides is 1. The van der Waals surface area contributed by atoms with Gasteiger partial charge in [-0.2, -0.15) is 13.2 Å². The third-order valence-corrected chi connectivity index (χ3v) is 7.54. The van der Waals surface area contributed by atoms with Gasteiger partial charge in [0.15, 0.2) is 0 Å². The van der Waals surface area contributed by atoms with Crippen molar-refractivity contribution >= 4 is 44.2 Å². The molecule has 1 fully saturated rings. The number of thiazole rings is 1. The van der Waals surface area contributed by atoms with Crippen molar-refractivity contribution in [3.63, 3.8) is 0 Å². The average molecular weight is 515 g/mol. The molecule has 2 heterocycles. The molecule has 0 bridgehead atoms. The minimum atomic E-state index is -4.44. The molecule has 1 atom stereocenters. The lowest BCUT2D eigenvalue weighted by atomic mass is 10.1. The van der Waals surface area contributed by atoms with Crippen LogP contribution < -0.4 is 5.73 Å². The summed E-state index contributed by atoms with van der Waals surface area (Å²) in [5, 5.41) is 1.38. The van der Waals surface area contributed by atoms with Crippen molar-refractivity contribution < 1.29 is 22.7 Å². The molecule has 2 aromatic carbocycles. The normalized spacial score (nSPS) is 14.9. The monoisotopic (exact) mass is 514 g/mol. The summed E-state index contributed by atoms with van der Waals surface area (Å²) in [4.78, 5) is 24.4.